The monoisotopic (exact) mass is 420 g/mol. The Labute approximate surface area is 182 Å². The molecule has 1 aliphatic heterocycles. The largest absolute Gasteiger partial charge is 0.277 e. The maximum atomic E-state index is 13.2. The molecule has 2 heterocycles. The van der Waals surface area contributed by atoms with Crippen LogP contribution in [0.25, 0.3) is 0 Å². The fourth-order valence-electron chi connectivity index (χ4n) is 3.86. The van der Waals surface area contributed by atoms with E-state index in [1.807, 2.05) is 38.1 Å². The summed E-state index contributed by atoms with van der Waals surface area (Å²) in [5, 5.41) is 11.4. The summed E-state index contributed by atoms with van der Waals surface area (Å²) in [5.74, 6) is -0.137. The lowest BCUT2D eigenvalue weighted by Gasteiger charge is -2.28. The lowest BCUT2D eigenvalue weighted by atomic mass is 9.93. The van der Waals surface area contributed by atoms with E-state index in [4.69, 9.17) is 16.7 Å². The number of halogens is 1. The molecule has 6 heteroatoms. The van der Waals surface area contributed by atoms with Gasteiger partial charge in [-0.3, -0.25) is 9.48 Å². The molecule has 1 aliphatic rings. The Morgan fingerprint density at radius 3 is 2.43 bits per heavy atom. The van der Waals surface area contributed by atoms with Crippen LogP contribution in [-0.2, 0) is 6.54 Å². The molecule has 154 valence electrons. The predicted molar refractivity (Wildman–Crippen MR) is 120 cm³/mol. The fourth-order valence-corrected chi connectivity index (χ4v) is 3.98. The first-order chi connectivity index (χ1) is 14.2. The maximum Gasteiger partial charge on any atom is 0.277 e. The summed E-state index contributed by atoms with van der Waals surface area (Å²) in [4.78, 5) is 13.2. The highest BCUT2D eigenvalue weighted by Crippen LogP contribution is 2.31. The second kappa shape index (κ2) is 7.73. The van der Waals surface area contributed by atoms with Crippen LogP contribution >= 0.6 is 11.6 Å². The van der Waals surface area contributed by atoms with Gasteiger partial charge in [0.05, 0.1) is 29.6 Å². The number of hydrazone groups is 1. The van der Waals surface area contributed by atoms with Crippen LogP contribution in [0.1, 0.15) is 52.9 Å². The molecule has 0 bridgehead atoms. The molecule has 0 radical (unpaired) electrons. The Morgan fingerprint density at radius 1 is 1.10 bits per heavy atom. The molecule has 0 aliphatic carbocycles. The molecule has 0 N–H and O–H groups in total. The number of carbonyl (C=O) groups is 1. The van der Waals surface area contributed by atoms with Gasteiger partial charge in [-0.15, -0.1) is 0 Å². The summed E-state index contributed by atoms with van der Waals surface area (Å²) in [6, 6.07) is 14.0. The Kier molecular flexibility index (Phi) is 5.24. The van der Waals surface area contributed by atoms with Crippen LogP contribution in [0.2, 0.25) is 5.02 Å². The van der Waals surface area contributed by atoms with E-state index >= 15 is 0 Å². The number of carbonyl (C=O) groups excluding carboxylic acids is 1. The standard InChI is InChI=1S/C24H25ClN4O/c1-16-9-17(2)11-19(10-16)22-12-24(3,4)29(27-22)23(30)20-13-26-28(15-20)14-18-5-7-21(25)8-6-18/h5-11,13,15H,12,14H2,1-4H3. The van der Waals surface area contributed by atoms with Gasteiger partial charge in [-0.05, 0) is 51.0 Å². The van der Waals surface area contributed by atoms with Gasteiger partial charge in [-0.25, -0.2) is 5.01 Å². The topological polar surface area (TPSA) is 50.5 Å². The van der Waals surface area contributed by atoms with Crippen molar-refractivity contribution in [1.82, 2.24) is 14.8 Å². The zero-order valence-corrected chi connectivity index (χ0v) is 18.4. The average Bonchev–Trinajstić information content (AvgIpc) is 3.26. The molecule has 30 heavy (non-hydrogen) atoms. The molecular formula is C24H25ClN4O. The van der Waals surface area contributed by atoms with Crippen molar-refractivity contribution in [3.63, 3.8) is 0 Å². The molecule has 1 aromatic heterocycles. The minimum Gasteiger partial charge on any atom is -0.268 e. The van der Waals surface area contributed by atoms with E-state index in [1.165, 1.54) is 11.1 Å². The lowest BCUT2D eigenvalue weighted by molar-refractivity contribution is 0.0612. The second-order valence-corrected chi connectivity index (χ2v) is 9.02. The van der Waals surface area contributed by atoms with Crippen LogP contribution in [0, 0.1) is 13.8 Å². The molecule has 0 unspecified atom stereocenters. The molecule has 3 aromatic rings. The van der Waals surface area contributed by atoms with Crippen LogP contribution in [0.5, 0.6) is 0 Å². The first-order valence-electron chi connectivity index (χ1n) is 9.99. The molecule has 0 saturated carbocycles. The first kappa shape index (κ1) is 20.4. The summed E-state index contributed by atoms with van der Waals surface area (Å²) in [7, 11) is 0. The molecule has 5 nitrogen and oxygen atoms in total. The molecule has 0 saturated heterocycles. The van der Waals surface area contributed by atoms with Crippen molar-refractivity contribution in [2.75, 3.05) is 0 Å². The van der Waals surface area contributed by atoms with E-state index in [0.29, 0.717) is 23.6 Å². The third kappa shape index (κ3) is 4.17. The van der Waals surface area contributed by atoms with E-state index in [0.717, 1.165) is 16.8 Å². The SMILES string of the molecule is Cc1cc(C)cc(C2=NN(C(=O)c3cnn(Cc4ccc(Cl)cc4)c3)C(C)(C)C2)c1. The fraction of sp³-hybridized carbons (Fsp3) is 0.292. The minimum atomic E-state index is -0.400. The Bertz CT molecular complexity index is 1110. The number of hydrogen-bond acceptors (Lipinski definition) is 3. The quantitative estimate of drug-likeness (QED) is 0.580. The molecule has 0 spiro atoms. The van der Waals surface area contributed by atoms with Gasteiger partial charge in [0.1, 0.15) is 0 Å². The van der Waals surface area contributed by atoms with Crippen LogP contribution in [-0.4, -0.2) is 31.9 Å². The van der Waals surface area contributed by atoms with E-state index in [9.17, 15) is 4.79 Å². The Morgan fingerprint density at radius 2 is 1.77 bits per heavy atom. The molecule has 0 atom stereocenters. The number of amides is 1. The molecule has 2 aromatic carbocycles. The van der Waals surface area contributed by atoms with Gasteiger partial charge in [0.2, 0.25) is 0 Å². The minimum absolute atomic E-state index is 0.137. The molecular weight excluding hydrogens is 396 g/mol. The molecule has 0 fully saturated rings. The highest BCUT2D eigenvalue weighted by molar-refractivity contribution is 6.30. The third-order valence-corrected chi connectivity index (χ3v) is 5.53. The van der Waals surface area contributed by atoms with Gasteiger partial charge >= 0.3 is 0 Å². The average molecular weight is 421 g/mol. The van der Waals surface area contributed by atoms with Gasteiger partial charge in [-0.1, -0.05) is 53.1 Å². The summed E-state index contributed by atoms with van der Waals surface area (Å²) < 4.78 is 1.76. The Hall–Kier alpha value is -2.92. The number of rotatable bonds is 4. The summed E-state index contributed by atoms with van der Waals surface area (Å²) >= 11 is 5.95. The van der Waals surface area contributed by atoms with Gasteiger partial charge in [0, 0.05) is 17.6 Å². The highest BCUT2D eigenvalue weighted by Gasteiger charge is 2.39. The van der Waals surface area contributed by atoms with Gasteiger partial charge in [0.15, 0.2) is 0 Å². The maximum absolute atomic E-state index is 13.2. The van der Waals surface area contributed by atoms with Crippen molar-refractivity contribution in [2.24, 2.45) is 5.10 Å². The van der Waals surface area contributed by atoms with E-state index in [2.05, 4.69) is 37.1 Å². The van der Waals surface area contributed by atoms with Crippen molar-refractivity contribution in [3.05, 3.63) is 87.7 Å². The molecule has 4 rings (SSSR count). The van der Waals surface area contributed by atoms with Crippen molar-refractivity contribution in [1.29, 1.82) is 0 Å². The van der Waals surface area contributed by atoms with Crippen molar-refractivity contribution >= 4 is 23.2 Å². The zero-order chi connectivity index (χ0) is 21.5. The van der Waals surface area contributed by atoms with Gasteiger partial charge < -0.3 is 0 Å². The van der Waals surface area contributed by atoms with Crippen molar-refractivity contribution in [3.8, 4) is 0 Å². The number of aromatic nitrogens is 2. The van der Waals surface area contributed by atoms with Crippen LogP contribution in [0.4, 0.5) is 0 Å². The highest BCUT2D eigenvalue weighted by atomic mass is 35.5. The van der Waals surface area contributed by atoms with E-state index in [1.54, 1.807) is 22.1 Å². The second-order valence-electron chi connectivity index (χ2n) is 8.58. The predicted octanol–water partition coefficient (Wildman–Crippen LogP) is 5.23. The van der Waals surface area contributed by atoms with Crippen LogP contribution in [0.3, 0.4) is 0 Å². The van der Waals surface area contributed by atoms with Gasteiger partial charge in [0.25, 0.3) is 5.91 Å². The van der Waals surface area contributed by atoms with Crippen molar-refractivity contribution < 1.29 is 4.79 Å². The normalized spacial score (nSPS) is 15.4. The summed E-state index contributed by atoms with van der Waals surface area (Å²) in [6.45, 7) is 8.82. The lowest BCUT2D eigenvalue weighted by Crippen LogP contribution is -2.40. The third-order valence-electron chi connectivity index (χ3n) is 5.28. The van der Waals surface area contributed by atoms with E-state index in [-0.39, 0.29) is 5.91 Å². The van der Waals surface area contributed by atoms with E-state index < -0.39 is 5.54 Å². The first-order valence-corrected chi connectivity index (χ1v) is 10.4. The summed E-state index contributed by atoms with van der Waals surface area (Å²) in [5.41, 5.74) is 5.60. The van der Waals surface area contributed by atoms with Gasteiger partial charge in [-0.2, -0.15) is 10.2 Å². The number of nitrogens with zero attached hydrogens (tertiary/aromatic N) is 4. The van der Waals surface area contributed by atoms with Crippen LogP contribution in [0.15, 0.2) is 60.0 Å². The number of benzene rings is 2. The van der Waals surface area contributed by atoms with Crippen LogP contribution < -0.4 is 0 Å². The number of aryl methyl sites for hydroxylation is 2. The molecule has 1 amide bonds. The zero-order valence-electron chi connectivity index (χ0n) is 17.7. The number of hydrogen-bond donors (Lipinski definition) is 0. The smallest absolute Gasteiger partial charge is 0.268 e. The van der Waals surface area contributed by atoms with Crippen molar-refractivity contribution in [2.45, 2.75) is 46.2 Å². The summed E-state index contributed by atoms with van der Waals surface area (Å²) in [6.07, 6.45) is 4.09. The Balaban J connectivity index is 1.57.